The molecular weight excluding hydrogens is 356 g/mol. The van der Waals surface area contributed by atoms with Crippen molar-refractivity contribution in [1.29, 1.82) is 0 Å². The Hall–Kier alpha value is -3.61. The van der Waals surface area contributed by atoms with Crippen molar-refractivity contribution in [2.75, 3.05) is 25.6 Å². The van der Waals surface area contributed by atoms with Gasteiger partial charge in [-0.3, -0.25) is 14.8 Å². The summed E-state index contributed by atoms with van der Waals surface area (Å²) in [4.78, 5) is 20.4. The van der Waals surface area contributed by atoms with Gasteiger partial charge in [-0.1, -0.05) is 0 Å². The van der Waals surface area contributed by atoms with E-state index in [0.717, 1.165) is 22.7 Å². The maximum atomic E-state index is 12.3. The molecule has 144 valence electrons. The number of hydrogen-bond donors (Lipinski definition) is 2. The largest absolute Gasteiger partial charge is 0.497 e. The summed E-state index contributed by atoms with van der Waals surface area (Å²) >= 11 is 0. The van der Waals surface area contributed by atoms with Crippen molar-refractivity contribution in [3.63, 3.8) is 0 Å². The fourth-order valence-corrected chi connectivity index (χ4v) is 2.48. The van der Waals surface area contributed by atoms with Gasteiger partial charge in [-0.25, -0.2) is 0 Å². The van der Waals surface area contributed by atoms with E-state index in [4.69, 9.17) is 9.47 Å². The highest BCUT2D eigenvalue weighted by atomic mass is 16.5. The molecule has 28 heavy (non-hydrogen) atoms. The Morgan fingerprint density at radius 3 is 2.50 bits per heavy atom. The highest BCUT2D eigenvalue weighted by molar-refractivity contribution is 5.94. The number of benzene rings is 1. The first-order chi connectivity index (χ1) is 13.7. The zero-order valence-corrected chi connectivity index (χ0v) is 15.6. The minimum Gasteiger partial charge on any atom is -0.497 e. The van der Waals surface area contributed by atoms with Gasteiger partial charge in [0.15, 0.2) is 0 Å². The summed E-state index contributed by atoms with van der Waals surface area (Å²) in [5, 5.41) is 6.08. The Bertz CT molecular complexity index is 886. The highest BCUT2D eigenvalue weighted by Crippen LogP contribution is 2.17. The molecule has 1 amide bonds. The van der Waals surface area contributed by atoms with Crippen molar-refractivity contribution in [1.82, 2.24) is 15.3 Å². The van der Waals surface area contributed by atoms with Crippen LogP contribution < -0.4 is 20.1 Å². The molecular formula is C21H22N4O3. The standard InChI is InChI=1S/C21H22N4O3/c1-27-19-2-4-20(5-3-19)28-11-10-24-18-12-17(14-23-15-18)21(26)25-13-16-6-8-22-9-7-16/h2-9,12,14-15,24H,10-11,13H2,1H3,(H,25,26). The van der Waals surface area contributed by atoms with Gasteiger partial charge < -0.3 is 20.1 Å². The van der Waals surface area contributed by atoms with Crippen LogP contribution in [0.25, 0.3) is 0 Å². The van der Waals surface area contributed by atoms with Crippen molar-refractivity contribution in [2.45, 2.75) is 6.54 Å². The van der Waals surface area contributed by atoms with Crippen LogP contribution >= 0.6 is 0 Å². The SMILES string of the molecule is COc1ccc(OCCNc2cncc(C(=O)NCc3ccncc3)c2)cc1. The van der Waals surface area contributed by atoms with E-state index in [1.807, 2.05) is 36.4 Å². The van der Waals surface area contributed by atoms with Gasteiger partial charge in [0.05, 0.1) is 18.4 Å². The monoisotopic (exact) mass is 378 g/mol. The molecule has 0 aliphatic carbocycles. The van der Waals surface area contributed by atoms with Crippen LogP contribution in [0.5, 0.6) is 11.5 Å². The zero-order chi connectivity index (χ0) is 19.6. The minimum atomic E-state index is -0.178. The Morgan fingerprint density at radius 2 is 1.75 bits per heavy atom. The average Bonchev–Trinajstić information content (AvgIpc) is 2.76. The summed E-state index contributed by atoms with van der Waals surface area (Å²) in [5.74, 6) is 1.38. The van der Waals surface area contributed by atoms with Gasteiger partial charge in [0.25, 0.3) is 5.91 Å². The summed E-state index contributed by atoms with van der Waals surface area (Å²) in [6.45, 7) is 1.50. The number of ether oxygens (including phenoxy) is 2. The molecule has 1 aromatic carbocycles. The van der Waals surface area contributed by atoms with Crippen LogP contribution in [0.3, 0.4) is 0 Å². The quantitative estimate of drug-likeness (QED) is 0.557. The van der Waals surface area contributed by atoms with Crippen LogP contribution in [0.4, 0.5) is 5.69 Å². The molecule has 2 heterocycles. The van der Waals surface area contributed by atoms with Crippen LogP contribution in [0, 0.1) is 0 Å². The lowest BCUT2D eigenvalue weighted by Crippen LogP contribution is -2.23. The number of methoxy groups -OCH3 is 1. The summed E-state index contributed by atoms with van der Waals surface area (Å²) < 4.78 is 10.8. The normalized spacial score (nSPS) is 10.2. The van der Waals surface area contributed by atoms with E-state index in [2.05, 4.69) is 20.6 Å². The van der Waals surface area contributed by atoms with Gasteiger partial charge in [0.2, 0.25) is 0 Å². The fourth-order valence-electron chi connectivity index (χ4n) is 2.48. The number of nitrogens with one attached hydrogen (secondary N) is 2. The molecule has 0 aliphatic rings. The zero-order valence-electron chi connectivity index (χ0n) is 15.6. The van der Waals surface area contributed by atoms with Crippen molar-refractivity contribution in [3.05, 3.63) is 78.4 Å². The first-order valence-electron chi connectivity index (χ1n) is 8.87. The second kappa shape index (κ2) is 9.91. The van der Waals surface area contributed by atoms with Gasteiger partial charge in [-0.15, -0.1) is 0 Å². The molecule has 7 heteroatoms. The molecule has 3 rings (SSSR count). The van der Waals surface area contributed by atoms with Crippen LogP contribution in [0.15, 0.2) is 67.3 Å². The van der Waals surface area contributed by atoms with E-state index in [9.17, 15) is 4.79 Å². The first-order valence-corrected chi connectivity index (χ1v) is 8.87. The lowest BCUT2D eigenvalue weighted by atomic mass is 10.2. The Labute approximate surface area is 163 Å². The van der Waals surface area contributed by atoms with E-state index in [-0.39, 0.29) is 5.91 Å². The molecule has 0 unspecified atom stereocenters. The summed E-state index contributed by atoms with van der Waals surface area (Å²) in [7, 11) is 1.63. The lowest BCUT2D eigenvalue weighted by Gasteiger charge is -2.10. The molecule has 3 aromatic rings. The van der Waals surface area contributed by atoms with Crippen LogP contribution in [0.2, 0.25) is 0 Å². The number of hydrogen-bond acceptors (Lipinski definition) is 6. The number of amides is 1. The topological polar surface area (TPSA) is 85.4 Å². The van der Waals surface area contributed by atoms with Crippen molar-refractivity contribution < 1.29 is 14.3 Å². The van der Waals surface area contributed by atoms with E-state index in [1.54, 1.807) is 38.0 Å². The van der Waals surface area contributed by atoms with Crippen LogP contribution in [0.1, 0.15) is 15.9 Å². The Morgan fingerprint density at radius 1 is 1.00 bits per heavy atom. The van der Waals surface area contributed by atoms with E-state index in [0.29, 0.717) is 25.3 Å². The number of anilines is 1. The predicted octanol–water partition coefficient (Wildman–Crippen LogP) is 2.91. The number of pyridine rings is 2. The number of rotatable bonds is 9. The molecule has 0 fully saturated rings. The maximum absolute atomic E-state index is 12.3. The van der Waals surface area contributed by atoms with Gasteiger partial charge in [-0.2, -0.15) is 0 Å². The third-order valence-corrected chi connectivity index (χ3v) is 3.96. The number of nitrogens with zero attached hydrogens (tertiary/aromatic N) is 2. The lowest BCUT2D eigenvalue weighted by molar-refractivity contribution is 0.0950. The third-order valence-electron chi connectivity index (χ3n) is 3.96. The fraction of sp³-hybridized carbons (Fsp3) is 0.190. The van der Waals surface area contributed by atoms with Crippen molar-refractivity contribution >= 4 is 11.6 Å². The van der Waals surface area contributed by atoms with Crippen molar-refractivity contribution in [2.24, 2.45) is 0 Å². The molecule has 0 spiro atoms. The number of carbonyl (C=O) groups excluding carboxylic acids is 1. The second-order valence-electron chi connectivity index (χ2n) is 5.95. The van der Waals surface area contributed by atoms with E-state index in [1.165, 1.54) is 0 Å². The number of aromatic nitrogens is 2. The summed E-state index contributed by atoms with van der Waals surface area (Å²) in [6.07, 6.45) is 6.61. The number of carbonyl (C=O) groups is 1. The van der Waals surface area contributed by atoms with E-state index >= 15 is 0 Å². The molecule has 0 saturated carbocycles. The van der Waals surface area contributed by atoms with Gasteiger partial charge in [-0.05, 0) is 48.0 Å². The highest BCUT2D eigenvalue weighted by Gasteiger charge is 2.07. The molecule has 2 aromatic heterocycles. The molecule has 2 N–H and O–H groups in total. The summed E-state index contributed by atoms with van der Waals surface area (Å²) in [5.41, 5.74) is 2.24. The maximum Gasteiger partial charge on any atom is 0.253 e. The van der Waals surface area contributed by atoms with Gasteiger partial charge in [0.1, 0.15) is 18.1 Å². The summed E-state index contributed by atoms with van der Waals surface area (Å²) in [6, 6.07) is 12.9. The van der Waals surface area contributed by atoms with Crippen LogP contribution in [-0.4, -0.2) is 36.1 Å². The third kappa shape index (κ3) is 5.70. The molecule has 0 saturated heterocycles. The smallest absolute Gasteiger partial charge is 0.253 e. The first kappa shape index (κ1) is 19.2. The predicted molar refractivity (Wildman–Crippen MR) is 107 cm³/mol. The average molecular weight is 378 g/mol. The molecule has 7 nitrogen and oxygen atoms in total. The van der Waals surface area contributed by atoms with Crippen molar-refractivity contribution in [3.8, 4) is 11.5 Å². The van der Waals surface area contributed by atoms with E-state index < -0.39 is 0 Å². The van der Waals surface area contributed by atoms with Crippen LogP contribution in [-0.2, 0) is 6.54 Å². The van der Waals surface area contributed by atoms with Gasteiger partial charge in [0, 0.05) is 37.9 Å². The molecule has 0 atom stereocenters. The Kier molecular flexibility index (Phi) is 6.78. The Balaban J connectivity index is 1.45. The molecule has 0 radical (unpaired) electrons. The second-order valence-corrected chi connectivity index (χ2v) is 5.95. The molecule has 0 aliphatic heterocycles. The molecule has 0 bridgehead atoms. The van der Waals surface area contributed by atoms with Gasteiger partial charge >= 0.3 is 0 Å². The minimum absolute atomic E-state index is 0.178.